The Bertz CT molecular complexity index is 1060. The van der Waals surface area contributed by atoms with Crippen LogP contribution in [0.1, 0.15) is 16.7 Å². The van der Waals surface area contributed by atoms with E-state index in [2.05, 4.69) is 20.9 Å². The van der Waals surface area contributed by atoms with Gasteiger partial charge in [0.2, 0.25) is 0 Å². The molecule has 0 unspecified atom stereocenters. The number of fused-ring (bicyclic) bond motifs is 1. The van der Waals surface area contributed by atoms with Crippen molar-refractivity contribution in [1.82, 2.24) is 4.98 Å². The zero-order chi connectivity index (χ0) is 19.5. The lowest BCUT2D eigenvalue weighted by molar-refractivity contribution is -0.110. The molecule has 0 radical (unpaired) electrons. The molecular weight excluding hydrogens is 355 g/mol. The standard InChI is InChI=1S/C22H19FN4O/c1-14-10-16(7-8-19(14)26-12-15-4-3-9-24-11-15)25-13-17-21-18(23)5-2-6-20(21)27-22(17)28/h2-11,13,25-26H,12H2,1H3,(H,27,28)/b17-13+. The SMILES string of the molecule is Cc1cc(N/C=C2/C(=O)Nc3cccc(F)c32)ccc1NCc1cccnc1. The van der Waals surface area contributed by atoms with Gasteiger partial charge in [0.15, 0.2) is 0 Å². The molecule has 2 heterocycles. The van der Waals surface area contributed by atoms with Crippen LogP contribution in [0.2, 0.25) is 0 Å². The van der Waals surface area contributed by atoms with Gasteiger partial charge in [-0.3, -0.25) is 9.78 Å². The van der Waals surface area contributed by atoms with E-state index in [4.69, 9.17) is 0 Å². The first-order valence-electron chi connectivity index (χ1n) is 8.92. The predicted octanol–water partition coefficient (Wildman–Crippen LogP) is 4.55. The highest BCUT2D eigenvalue weighted by Crippen LogP contribution is 2.33. The van der Waals surface area contributed by atoms with Crippen LogP contribution >= 0.6 is 0 Å². The predicted molar refractivity (Wildman–Crippen MR) is 109 cm³/mol. The van der Waals surface area contributed by atoms with Crippen LogP contribution in [-0.2, 0) is 11.3 Å². The zero-order valence-corrected chi connectivity index (χ0v) is 15.3. The minimum atomic E-state index is -0.421. The Hall–Kier alpha value is -3.67. The summed E-state index contributed by atoms with van der Waals surface area (Å²) in [6.07, 6.45) is 5.12. The molecule has 1 aliphatic rings. The highest BCUT2D eigenvalue weighted by molar-refractivity contribution is 6.31. The average Bonchev–Trinajstić information content (AvgIpc) is 3.03. The summed E-state index contributed by atoms with van der Waals surface area (Å²) in [6.45, 7) is 2.68. The van der Waals surface area contributed by atoms with Crippen molar-refractivity contribution >= 4 is 28.5 Å². The number of carbonyl (C=O) groups is 1. The molecule has 3 aromatic rings. The van der Waals surface area contributed by atoms with Crippen molar-refractivity contribution < 1.29 is 9.18 Å². The number of nitrogens with zero attached hydrogens (tertiary/aromatic N) is 1. The van der Waals surface area contributed by atoms with Gasteiger partial charge < -0.3 is 16.0 Å². The number of hydrogen-bond donors (Lipinski definition) is 3. The quantitative estimate of drug-likeness (QED) is 0.574. The van der Waals surface area contributed by atoms with Gasteiger partial charge in [0.25, 0.3) is 5.91 Å². The number of rotatable bonds is 5. The van der Waals surface area contributed by atoms with Crippen LogP contribution in [0.5, 0.6) is 0 Å². The number of pyridine rings is 1. The number of nitrogens with one attached hydrogen (secondary N) is 3. The van der Waals surface area contributed by atoms with Gasteiger partial charge in [-0.05, 0) is 54.4 Å². The molecule has 0 aliphatic carbocycles. The number of amides is 1. The van der Waals surface area contributed by atoms with Crippen LogP contribution in [-0.4, -0.2) is 10.9 Å². The Morgan fingerprint density at radius 2 is 2.07 bits per heavy atom. The van der Waals surface area contributed by atoms with E-state index in [9.17, 15) is 9.18 Å². The maximum atomic E-state index is 14.1. The third-order valence-corrected chi connectivity index (χ3v) is 4.59. The Labute approximate surface area is 162 Å². The summed E-state index contributed by atoms with van der Waals surface area (Å²) in [7, 11) is 0. The fourth-order valence-electron chi connectivity index (χ4n) is 3.15. The van der Waals surface area contributed by atoms with Gasteiger partial charge in [-0.1, -0.05) is 12.1 Å². The van der Waals surface area contributed by atoms with Crippen LogP contribution in [0.25, 0.3) is 5.57 Å². The van der Waals surface area contributed by atoms with E-state index in [1.54, 1.807) is 24.5 Å². The van der Waals surface area contributed by atoms with Gasteiger partial charge >= 0.3 is 0 Å². The highest BCUT2D eigenvalue weighted by Gasteiger charge is 2.27. The van der Waals surface area contributed by atoms with Gasteiger partial charge in [-0.2, -0.15) is 0 Å². The zero-order valence-electron chi connectivity index (χ0n) is 15.3. The number of anilines is 3. The molecule has 6 heteroatoms. The van der Waals surface area contributed by atoms with Gasteiger partial charge in [-0.15, -0.1) is 0 Å². The highest BCUT2D eigenvalue weighted by atomic mass is 19.1. The van der Waals surface area contributed by atoms with Crippen molar-refractivity contribution in [2.75, 3.05) is 16.0 Å². The minimum absolute atomic E-state index is 0.282. The Balaban J connectivity index is 1.49. The van der Waals surface area contributed by atoms with Crippen LogP contribution in [0.15, 0.2) is 67.1 Å². The van der Waals surface area contributed by atoms with E-state index in [-0.39, 0.29) is 11.5 Å². The molecule has 28 heavy (non-hydrogen) atoms. The lowest BCUT2D eigenvalue weighted by atomic mass is 10.1. The molecule has 4 rings (SSSR count). The van der Waals surface area contributed by atoms with Crippen LogP contribution < -0.4 is 16.0 Å². The summed E-state index contributed by atoms with van der Waals surface area (Å²) in [4.78, 5) is 16.3. The fraction of sp³-hybridized carbons (Fsp3) is 0.0909. The second-order valence-corrected chi connectivity index (χ2v) is 6.56. The van der Waals surface area contributed by atoms with Crippen molar-refractivity contribution in [3.8, 4) is 0 Å². The van der Waals surface area contributed by atoms with Crippen LogP contribution in [0.3, 0.4) is 0 Å². The van der Waals surface area contributed by atoms with Gasteiger partial charge in [0.05, 0.1) is 11.3 Å². The second-order valence-electron chi connectivity index (χ2n) is 6.56. The molecule has 0 saturated carbocycles. The van der Waals surface area contributed by atoms with Crippen LogP contribution in [0.4, 0.5) is 21.5 Å². The van der Waals surface area contributed by atoms with Crippen molar-refractivity contribution in [2.45, 2.75) is 13.5 Å². The topological polar surface area (TPSA) is 66.1 Å². The monoisotopic (exact) mass is 374 g/mol. The fourth-order valence-corrected chi connectivity index (χ4v) is 3.15. The van der Waals surface area contributed by atoms with E-state index in [0.717, 1.165) is 22.5 Å². The molecule has 0 fully saturated rings. The molecule has 5 nitrogen and oxygen atoms in total. The van der Waals surface area contributed by atoms with Gasteiger partial charge in [-0.25, -0.2) is 4.39 Å². The van der Waals surface area contributed by atoms with Crippen molar-refractivity contribution in [3.63, 3.8) is 0 Å². The van der Waals surface area contributed by atoms with E-state index < -0.39 is 5.82 Å². The van der Waals surface area contributed by atoms with Gasteiger partial charge in [0, 0.05) is 42.1 Å². The Morgan fingerprint density at radius 1 is 1.18 bits per heavy atom. The molecule has 1 amide bonds. The summed E-state index contributed by atoms with van der Waals surface area (Å²) in [5.74, 6) is -0.742. The summed E-state index contributed by atoms with van der Waals surface area (Å²) in [5, 5.41) is 9.16. The van der Waals surface area contributed by atoms with Crippen molar-refractivity contribution in [3.05, 3.63) is 89.6 Å². The smallest absolute Gasteiger partial charge is 0.257 e. The summed E-state index contributed by atoms with van der Waals surface area (Å²) in [6, 6.07) is 14.4. The van der Waals surface area contributed by atoms with Crippen molar-refractivity contribution in [2.24, 2.45) is 0 Å². The number of carbonyl (C=O) groups excluding carboxylic acids is 1. The third-order valence-electron chi connectivity index (χ3n) is 4.59. The molecule has 0 spiro atoms. The first-order chi connectivity index (χ1) is 13.6. The molecule has 3 N–H and O–H groups in total. The first-order valence-corrected chi connectivity index (χ1v) is 8.92. The molecule has 1 aliphatic heterocycles. The summed E-state index contributed by atoms with van der Waals surface area (Å²) >= 11 is 0. The molecule has 0 bridgehead atoms. The molecule has 0 atom stereocenters. The lowest BCUT2D eigenvalue weighted by Crippen LogP contribution is -2.05. The second kappa shape index (κ2) is 7.52. The van der Waals surface area contributed by atoms with Crippen molar-refractivity contribution in [1.29, 1.82) is 0 Å². The van der Waals surface area contributed by atoms with E-state index in [0.29, 0.717) is 17.8 Å². The van der Waals surface area contributed by atoms with Crippen LogP contribution in [0, 0.1) is 12.7 Å². The average molecular weight is 374 g/mol. The van der Waals surface area contributed by atoms with E-state index in [1.807, 2.05) is 43.5 Å². The first kappa shape index (κ1) is 17.7. The molecule has 1 aromatic heterocycles. The molecule has 0 saturated heterocycles. The number of aryl methyl sites for hydroxylation is 1. The van der Waals surface area contributed by atoms with E-state index >= 15 is 0 Å². The Morgan fingerprint density at radius 3 is 2.86 bits per heavy atom. The molecule has 140 valence electrons. The number of hydrogen-bond acceptors (Lipinski definition) is 4. The van der Waals surface area contributed by atoms with E-state index in [1.165, 1.54) is 6.07 Å². The molecular formula is C22H19FN4O. The Kier molecular flexibility index (Phi) is 4.76. The molecule has 2 aromatic carbocycles. The minimum Gasteiger partial charge on any atom is -0.381 e. The van der Waals surface area contributed by atoms with Gasteiger partial charge in [0.1, 0.15) is 5.82 Å². The lowest BCUT2D eigenvalue weighted by Gasteiger charge is -2.11. The summed E-state index contributed by atoms with van der Waals surface area (Å²) in [5.41, 5.74) is 5.04. The normalized spacial score (nSPS) is 13.9. The maximum absolute atomic E-state index is 14.1. The number of benzene rings is 2. The maximum Gasteiger partial charge on any atom is 0.257 e. The largest absolute Gasteiger partial charge is 0.381 e. The summed E-state index contributed by atoms with van der Waals surface area (Å²) < 4.78 is 14.1. The number of halogens is 1. The number of aromatic nitrogens is 1. The third kappa shape index (κ3) is 3.57.